The number of nitrogens with two attached hydrogens (primary N) is 1. The van der Waals surface area contributed by atoms with Crippen LogP contribution >= 0.6 is 0 Å². The summed E-state index contributed by atoms with van der Waals surface area (Å²) in [6.45, 7) is 4.16. The number of nitriles is 1. The zero-order valence-electron chi connectivity index (χ0n) is 11.1. The van der Waals surface area contributed by atoms with Gasteiger partial charge in [-0.2, -0.15) is 5.26 Å². The van der Waals surface area contributed by atoms with Gasteiger partial charge in [0, 0.05) is 6.04 Å². The number of benzene rings is 2. The molecular weight excluding hydrogens is 234 g/mol. The molecule has 2 aromatic carbocycles. The molecule has 0 radical (unpaired) electrons. The molecule has 0 bridgehead atoms. The van der Waals surface area contributed by atoms with Crippen molar-refractivity contribution >= 4 is 11.4 Å². The lowest BCUT2D eigenvalue weighted by atomic mass is 10.1. The summed E-state index contributed by atoms with van der Waals surface area (Å²) in [7, 11) is 0. The van der Waals surface area contributed by atoms with Gasteiger partial charge >= 0.3 is 0 Å². The van der Waals surface area contributed by atoms with Gasteiger partial charge in [-0.1, -0.05) is 29.8 Å². The fourth-order valence-electron chi connectivity index (χ4n) is 1.94. The lowest BCUT2D eigenvalue weighted by Crippen LogP contribution is -2.08. The van der Waals surface area contributed by atoms with E-state index in [4.69, 9.17) is 11.0 Å². The molecule has 0 saturated carbocycles. The van der Waals surface area contributed by atoms with Gasteiger partial charge in [0.2, 0.25) is 0 Å². The second kappa shape index (κ2) is 5.45. The molecule has 96 valence electrons. The largest absolute Gasteiger partial charge is 0.397 e. The standard InChI is InChI=1S/C16H17N3/c1-11-3-6-14(7-4-11)12(2)19-16-8-5-13(10-17)9-15(16)18/h3-9,12,19H,18H2,1-2H3. The number of nitrogens with zero attached hydrogens (tertiary/aromatic N) is 1. The normalized spacial score (nSPS) is 11.6. The van der Waals surface area contributed by atoms with Crippen molar-refractivity contribution in [3.05, 3.63) is 59.2 Å². The Labute approximate surface area is 113 Å². The first-order valence-corrected chi connectivity index (χ1v) is 6.23. The van der Waals surface area contributed by atoms with Gasteiger partial charge in [0.1, 0.15) is 0 Å². The predicted octanol–water partition coefficient (Wildman–Crippen LogP) is 3.62. The van der Waals surface area contributed by atoms with Crippen molar-refractivity contribution < 1.29 is 0 Å². The lowest BCUT2D eigenvalue weighted by Gasteiger charge is -2.17. The molecule has 0 aromatic heterocycles. The Bertz CT molecular complexity index is 609. The molecule has 3 N–H and O–H groups in total. The van der Waals surface area contributed by atoms with Crippen molar-refractivity contribution in [1.82, 2.24) is 0 Å². The Balaban J connectivity index is 2.17. The van der Waals surface area contributed by atoms with Gasteiger partial charge in [-0.3, -0.25) is 0 Å². The van der Waals surface area contributed by atoms with E-state index in [1.165, 1.54) is 11.1 Å². The van der Waals surface area contributed by atoms with Crippen LogP contribution in [0.4, 0.5) is 11.4 Å². The second-order valence-corrected chi connectivity index (χ2v) is 4.69. The minimum absolute atomic E-state index is 0.163. The smallest absolute Gasteiger partial charge is 0.0992 e. The molecule has 0 fully saturated rings. The van der Waals surface area contributed by atoms with Crippen molar-refractivity contribution in [2.75, 3.05) is 11.1 Å². The van der Waals surface area contributed by atoms with Gasteiger partial charge in [-0.25, -0.2) is 0 Å². The molecule has 2 aromatic rings. The molecule has 3 nitrogen and oxygen atoms in total. The number of rotatable bonds is 3. The van der Waals surface area contributed by atoms with Crippen molar-refractivity contribution in [2.45, 2.75) is 19.9 Å². The van der Waals surface area contributed by atoms with E-state index in [2.05, 4.69) is 49.5 Å². The molecule has 1 unspecified atom stereocenters. The first kappa shape index (κ1) is 13.0. The number of anilines is 2. The summed E-state index contributed by atoms with van der Waals surface area (Å²) in [4.78, 5) is 0. The summed E-state index contributed by atoms with van der Waals surface area (Å²) >= 11 is 0. The third kappa shape index (κ3) is 3.05. The van der Waals surface area contributed by atoms with Crippen LogP contribution in [0.15, 0.2) is 42.5 Å². The summed E-state index contributed by atoms with van der Waals surface area (Å²) in [5, 5.41) is 12.2. The summed E-state index contributed by atoms with van der Waals surface area (Å²) < 4.78 is 0. The number of aryl methyl sites for hydroxylation is 1. The molecule has 19 heavy (non-hydrogen) atoms. The Morgan fingerprint density at radius 1 is 1.16 bits per heavy atom. The van der Waals surface area contributed by atoms with E-state index in [0.29, 0.717) is 11.3 Å². The van der Waals surface area contributed by atoms with Crippen LogP contribution in [-0.4, -0.2) is 0 Å². The van der Waals surface area contributed by atoms with Crippen molar-refractivity contribution in [2.24, 2.45) is 0 Å². The maximum absolute atomic E-state index is 8.81. The van der Waals surface area contributed by atoms with Gasteiger partial charge in [0.25, 0.3) is 0 Å². The van der Waals surface area contributed by atoms with Crippen LogP contribution in [0, 0.1) is 18.3 Å². The van der Waals surface area contributed by atoms with Gasteiger partial charge in [0.05, 0.1) is 23.0 Å². The van der Waals surface area contributed by atoms with Gasteiger partial charge < -0.3 is 11.1 Å². The molecule has 0 spiro atoms. The number of nitrogens with one attached hydrogen (secondary N) is 1. The van der Waals surface area contributed by atoms with Crippen LogP contribution < -0.4 is 11.1 Å². The quantitative estimate of drug-likeness (QED) is 0.819. The highest BCUT2D eigenvalue weighted by atomic mass is 14.9. The van der Waals surface area contributed by atoms with E-state index >= 15 is 0 Å². The van der Waals surface area contributed by atoms with E-state index in [-0.39, 0.29) is 6.04 Å². The summed E-state index contributed by atoms with van der Waals surface area (Å²) in [6.07, 6.45) is 0. The Hall–Kier alpha value is -2.47. The highest BCUT2D eigenvalue weighted by molar-refractivity contribution is 5.68. The third-order valence-corrected chi connectivity index (χ3v) is 3.13. The maximum Gasteiger partial charge on any atom is 0.0992 e. The first-order valence-electron chi connectivity index (χ1n) is 6.23. The van der Waals surface area contributed by atoms with Gasteiger partial charge in [-0.05, 0) is 37.6 Å². The fraction of sp³-hybridized carbons (Fsp3) is 0.188. The zero-order chi connectivity index (χ0) is 13.8. The Morgan fingerprint density at radius 3 is 2.42 bits per heavy atom. The monoisotopic (exact) mass is 251 g/mol. The van der Waals surface area contributed by atoms with Crippen molar-refractivity contribution in [1.29, 1.82) is 5.26 Å². The van der Waals surface area contributed by atoms with E-state index in [1.807, 2.05) is 6.07 Å². The predicted molar refractivity (Wildman–Crippen MR) is 78.8 cm³/mol. The third-order valence-electron chi connectivity index (χ3n) is 3.13. The molecule has 0 saturated heterocycles. The molecule has 0 aliphatic rings. The molecular formula is C16H17N3. The number of nitrogen functional groups attached to an aromatic ring is 1. The van der Waals surface area contributed by atoms with Crippen LogP contribution in [0.1, 0.15) is 29.7 Å². The fourth-order valence-corrected chi connectivity index (χ4v) is 1.94. The number of hydrogen-bond donors (Lipinski definition) is 2. The average molecular weight is 251 g/mol. The molecule has 3 heteroatoms. The van der Waals surface area contributed by atoms with Crippen LogP contribution in [0.25, 0.3) is 0 Å². The molecule has 0 heterocycles. The first-order chi connectivity index (χ1) is 9.10. The highest BCUT2D eigenvalue weighted by Gasteiger charge is 2.07. The SMILES string of the molecule is Cc1ccc(C(C)Nc2ccc(C#N)cc2N)cc1. The second-order valence-electron chi connectivity index (χ2n) is 4.69. The van der Waals surface area contributed by atoms with E-state index < -0.39 is 0 Å². The summed E-state index contributed by atoms with van der Waals surface area (Å²) in [5.74, 6) is 0. The van der Waals surface area contributed by atoms with Gasteiger partial charge in [0.15, 0.2) is 0 Å². The minimum Gasteiger partial charge on any atom is -0.397 e. The minimum atomic E-state index is 0.163. The van der Waals surface area contributed by atoms with Crippen LogP contribution in [-0.2, 0) is 0 Å². The maximum atomic E-state index is 8.81. The van der Waals surface area contributed by atoms with Crippen LogP contribution in [0.3, 0.4) is 0 Å². The van der Waals surface area contributed by atoms with Crippen LogP contribution in [0.5, 0.6) is 0 Å². The van der Waals surface area contributed by atoms with Gasteiger partial charge in [-0.15, -0.1) is 0 Å². The molecule has 2 rings (SSSR count). The van der Waals surface area contributed by atoms with Crippen LogP contribution in [0.2, 0.25) is 0 Å². The topological polar surface area (TPSA) is 61.8 Å². The zero-order valence-corrected chi connectivity index (χ0v) is 11.1. The summed E-state index contributed by atoms with van der Waals surface area (Å²) in [5.41, 5.74) is 10.4. The Morgan fingerprint density at radius 2 is 1.84 bits per heavy atom. The van der Waals surface area contributed by atoms with E-state index in [0.717, 1.165) is 5.69 Å². The number of hydrogen-bond acceptors (Lipinski definition) is 3. The molecule has 0 aliphatic heterocycles. The highest BCUT2D eigenvalue weighted by Crippen LogP contribution is 2.25. The Kier molecular flexibility index (Phi) is 3.72. The molecule has 1 atom stereocenters. The average Bonchev–Trinajstić information content (AvgIpc) is 2.41. The van der Waals surface area contributed by atoms with E-state index in [9.17, 15) is 0 Å². The van der Waals surface area contributed by atoms with E-state index in [1.54, 1.807) is 12.1 Å². The lowest BCUT2D eigenvalue weighted by molar-refractivity contribution is 0.884. The van der Waals surface area contributed by atoms with Crippen molar-refractivity contribution in [3.63, 3.8) is 0 Å². The molecule has 0 amide bonds. The summed E-state index contributed by atoms with van der Waals surface area (Å²) in [6, 6.07) is 15.9. The molecule has 0 aliphatic carbocycles. The van der Waals surface area contributed by atoms with Crippen molar-refractivity contribution in [3.8, 4) is 6.07 Å².